The molecule has 1 aliphatic rings. The summed E-state index contributed by atoms with van der Waals surface area (Å²) >= 11 is 5.59. The van der Waals surface area contributed by atoms with E-state index in [2.05, 4.69) is 9.97 Å². The first-order chi connectivity index (χ1) is 8.27. The first kappa shape index (κ1) is 13.0. The molecule has 0 aliphatic carbocycles. The minimum Gasteiger partial charge on any atom is -0.292 e. The predicted octanol–water partition coefficient (Wildman–Crippen LogP) is -1.18. The number of primary sulfonamides is 1. The number of sulfonamides is 1. The molecule has 2 rings (SSSR count). The molecule has 2 heterocycles. The van der Waals surface area contributed by atoms with E-state index in [1.54, 1.807) is 0 Å². The lowest BCUT2D eigenvalue weighted by atomic mass is 10.4. The van der Waals surface area contributed by atoms with Gasteiger partial charge in [0.25, 0.3) is 5.56 Å². The molecule has 1 saturated heterocycles. The lowest BCUT2D eigenvalue weighted by Crippen LogP contribution is -2.33. The fourth-order valence-electron chi connectivity index (χ4n) is 1.64. The molecule has 18 heavy (non-hydrogen) atoms. The predicted molar refractivity (Wildman–Crippen MR) is 63.7 cm³/mol. The number of rotatable bonds is 2. The SMILES string of the molecule is NS(=O)(=O)C1CC(=O)N(c2nc(Cl)cc(=O)[nH]2)C1. The third-order valence-electron chi connectivity index (χ3n) is 2.51. The van der Waals surface area contributed by atoms with Crippen molar-refractivity contribution in [2.24, 2.45) is 5.14 Å². The Morgan fingerprint density at radius 1 is 1.50 bits per heavy atom. The molecule has 3 N–H and O–H groups in total. The number of aromatic nitrogens is 2. The molecule has 0 aromatic carbocycles. The number of carbonyl (C=O) groups is 1. The Hall–Kier alpha value is -1.45. The van der Waals surface area contributed by atoms with E-state index in [0.717, 1.165) is 11.0 Å². The summed E-state index contributed by atoms with van der Waals surface area (Å²) in [6.45, 7) is -0.152. The Morgan fingerprint density at radius 3 is 2.67 bits per heavy atom. The Morgan fingerprint density at radius 2 is 2.17 bits per heavy atom. The Labute approximate surface area is 107 Å². The largest absolute Gasteiger partial charge is 0.292 e. The van der Waals surface area contributed by atoms with Gasteiger partial charge in [-0.2, -0.15) is 0 Å². The van der Waals surface area contributed by atoms with Crippen LogP contribution in [0.4, 0.5) is 5.95 Å². The Kier molecular flexibility index (Phi) is 3.13. The fraction of sp³-hybridized carbons (Fsp3) is 0.375. The van der Waals surface area contributed by atoms with E-state index in [1.165, 1.54) is 0 Å². The summed E-state index contributed by atoms with van der Waals surface area (Å²) in [7, 11) is -3.81. The second-order valence-corrected chi connectivity index (χ2v) is 6.04. The van der Waals surface area contributed by atoms with E-state index in [1.807, 2.05) is 0 Å². The Balaban J connectivity index is 2.35. The number of H-pyrrole nitrogens is 1. The summed E-state index contributed by atoms with van der Waals surface area (Å²) < 4.78 is 22.3. The summed E-state index contributed by atoms with van der Waals surface area (Å²) in [5.74, 6) is -0.567. The van der Waals surface area contributed by atoms with Crippen molar-refractivity contribution in [1.29, 1.82) is 0 Å². The number of amides is 1. The van der Waals surface area contributed by atoms with Crippen LogP contribution < -0.4 is 15.6 Å². The van der Waals surface area contributed by atoms with Crippen LogP contribution in [0.5, 0.6) is 0 Å². The first-order valence-electron chi connectivity index (χ1n) is 4.86. The van der Waals surface area contributed by atoms with Crippen LogP contribution in [0, 0.1) is 0 Å². The van der Waals surface area contributed by atoms with Crippen molar-refractivity contribution in [3.05, 3.63) is 21.6 Å². The summed E-state index contributed by atoms with van der Waals surface area (Å²) in [6.07, 6.45) is -0.241. The highest BCUT2D eigenvalue weighted by molar-refractivity contribution is 7.89. The second-order valence-electron chi connectivity index (χ2n) is 3.81. The first-order valence-corrected chi connectivity index (χ1v) is 6.85. The summed E-state index contributed by atoms with van der Waals surface area (Å²) in [6, 6.07) is 1.04. The number of nitrogens with zero attached hydrogens (tertiary/aromatic N) is 2. The quantitative estimate of drug-likeness (QED) is 0.663. The molecule has 0 radical (unpaired) electrons. The number of halogens is 1. The van der Waals surface area contributed by atoms with Gasteiger partial charge in [0.15, 0.2) is 0 Å². The van der Waals surface area contributed by atoms with E-state index in [9.17, 15) is 18.0 Å². The van der Waals surface area contributed by atoms with Crippen molar-refractivity contribution in [3.63, 3.8) is 0 Å². The average Bonchev–Trinajstić information content (AvgIpc) is 2.58. The van der Waals surface area contributed by atoms with Crippen LogP contribution in [0.25, 0.3) is 0 Å². The molecule has 1 fully saturated rings. The number of hydrogen-bond acceptors (Lipinski definition) is 5. The third-order valence-corrected chi connectivity index (χ3v) is 3.95. The van der Waals surface area contributed by atoms with Gasteiger partial charge >= 0.3 is 0 Å². The monoisotopic (exact) mass is 292 g/mol. The van der Waals surface area contributed by atoms with Crippen LogP contribution in [-0.4, -0.2) is 36.1 Å². The Bertz CT molecular complexity index is 655. The standard InChI is InChI=1S/C8H9ClN4O4S/c9-5-2-6(14)12-8(11-5)13-3-4(1-7(13)15)18(10,16)17/h2,4H,1,3H2,(H2,10,16,17)(H,11,12,14). The minimum atomic E-state index is -3.81. The molecule has 1 atom stereocenters. The maximum Gasteiger partial charge on any atom is 0.253 e. The van der Waals surface area contributed by atoms with Gasteiger partial charge in [0.1, 0.15) is 10.4 Å². The molecular formula is C8H9ClN4O4S. The maximum atomic E-state index is 11.7. The smallest absolute Gasteiger partial charge is 0.253 e. The van der Waals surface area contributed by atoms with Gasteiger partial charge in [-0.3, -0.25) is 19.5 Å². The number of anilines is 1. The van der Waals surface area contributed by atoms with Gasteiger partial charge < -0.3 is 0 Å². The van der Waals surface area contributed by atoms with Gasteiger partial charge in [0.05, 0.1) is 0 Å². The molecule has 1 aromatic heterocycles. The van der Waals surface area contributed by atoms with E-state index in [4.69, 9.17) is 16.7 Å². The highest BCUT2D eigenvalue weighted by Gasteiger charge is 2.38. The summed E-state index contributed by atoms with van der Waals surface area (Å²) in [5.41, 5.74) is -0.531. The zero-order valence-corrected chi connectivity index (χ0v) is 10.5. The van der Waals surface area contributed by atoms with E-state index >= 15 is 0 Å². The van der Waals surface area contributed by atoms with Crippen LogP contribution in [0.2, 0.25) is 5.15 Å². The van der Waals surface area contributed by atoms with Gasteiger partial charge in [0, 0.05) is 19.0 Å². The lowest BCUT2D eigenvalue weighted by Gasteiger charge is -2.14. The van der Waals surface area contributed by atoms with E-state index in [0.29, 0.717) is 0 Å². The molecule has 0 bridgehead atoms. The molecule has 1 unspecified atom stereocenters. The number of carbonyl (C=O) groups excluding carboxylic acids is 1. The molecule has 10 heteroatoms. The van der Waals surface area contributed by atoms with Crippen LogP contribution in [0.15, 0.2) is 10.9 Å². The number of hydrogen-bond donors (Lipinski definition) is 2. The molecule has 1 amide bonds. The summed E-state index contributed by atoms with van der Waals surface area (Å²) in [5, 5.41) is 3.89. The molecule has 98 valence electrons. The molecule has 0 spiro atoms. The van der Waals surface area contributed by atoms with Crippen LogP contribution >= 0.6 is 11.6 Å². The lowest BCUT2D eigenvalue weighted by molar-refractivity contribution is -0.117. The zero-order chi connectivity index (χ0) is 13.5. The molecule has 1 aliphatic heterocycles. The van der Waals surface area contributed by atoms with Crippen molar-refractivity contribution < 1.29 is 13.2 Å². The van der Waals surface area contributed by atoms with Crippen molar-refractivity contribution in [2.45, 2.75) is 11.7 Å². The number of nitrogens with two attached hydrogens (primary N) is 1. The summed E-state index contributed by atoms with van der Waals surface area (Å²) in [4.78, 5) is 30.0. The van der Waals surface area contributed by atoms with Gasteiger partial charge in [-0.1, -0.05) is 11.6 Å². The van der Waals surface area contributed by atoms with Gasteiger partial charge in [-0.15, -0.1) is 0 Å². The van der Waals surface area contributed by atoms with E-state index < -0.39 is 26.7 Å². The minimum absolute atomic E-state index is 0.0800. The normalized spacial score (nSPS) is 20.4. The van der Waals surface area contributed by atoms with Crippen molar-refractivity contribution in [1.82, 2.24) is 9.97 Å². The number of nitrogens with one attached hydrogen (secondary N) is 1. The molecular weight excluding hydrogens is 284 g/mol. The average molecular weight is 293 g/mol. The van der Waals surface area contributed by atoms with E-state index in [-0.39, 0.29) is 24.1 Å². The highest BCUT2D eigenvalue weighted by Crippen LogP contribution is 2.21. The topological polar surface area (TPSA) is 126 Å². The van der Waals surface area contributed by atoms with Crippen molar-refractivity contribution in [2.75, 3.05) is 11.4 Å². The van der Waals surface area contributed by atoms with Gasteiger partial charge in [-0.25, -0.2) is 18.5 Å². The van der Waals surface area contributed by atoms with Crippen molar-refractivity contribution in [3.8, 4) is 0 Å². The highest BCUT2D eigenvalue weighted by atomic mass is 35.5. The number of aromatic amines is 1. The molecule has 8 nitrogen and oxygen atoms in total. The van der Waals surface area contributed by atoms with Crippen LogP contribution in [0.3, 0.4) is 0 Å². The zero-order valence-electron chi connectivity index (χ0n) is 8.96. The molecule has 1 aromatic rings. The maximum absolute atomic E-state index is 11.7. The third kappa shape index (κ3) is 2.52. The van der Waals surface area contributed by atoms with Gasteiger partial charge in [0.2, 0.25) is 21.9 Å². The van der Waals surface area contributed by atoms with Gasteiger partial charge in [-0.05, 0) is 0 Å². The van der Waals surface area contributed by atoms with Crippen LogP contribution in [-0.2, 0) is 14.8 Å². The second kappa shape index (κ2) is 4.34. The molecule has 0 saturated carbocycles. The van der Waals surface area contributed by atoms with Crippen LogP contribution in [0.1, 0.15) is 6.42 Å². The fourth-order valence-corrected chi connectivity index (χ4v) is 2.55. The van der Waals surface area contributed by atoms with Crippen molar-refractivity contribution >= 4 is 33.5 Å².